The predicted molar refractivity (Wildman–Crippen MR) is 105 cm³/mol. The summed E-state index contributed by atoms with van der Waals surface area (Å²) in [7, 11) is 0. The summed E-state index contributed by atoms with van der Waals surface area (Å²) in [4.78, 5) is 6.65. The Kier molecular flexibility index (Phi) is 5.89. The maximum atomic E-state index is 5.65. The number of hydrogen-bond donors (Lipinski definition) is 0. The number of alkyl halides is 1. The minimum absolute atomic E-state index is 0.605. The molecule has 3 rings (SSSR count). The summed E-state index contributed by atoms with van der Waals surface area (Å²) in [6, 6.07) is 14.9. The second-order valence-corrected chi connectivity index (χ2v) is 6.94. The van der Waals surface area contributed by atoms with Crippen molar-refractivity contribution >= 4 is 39.9 Å². The monoisotopic (exact) mass is 357 g/mol. The number of aryl methyl sites for hydroxylation is 1. The van der Waals surface area contributed by atoms with Gasteiger partial charge >= 0.3 is 0 Å². The smallest absolute Gasteiger partial charge is 0.117 e. The van der Waals surface area contributed by atoms with Crippen molar-refractivity contribution < 1.29 is 4.84 Å². The number of halogens is 1. The molecule has 1 heterocycles. The first kappa shape index (κ1) is 17.0. The molecule has 0 unspecified atom stereocenters. The number of hydrogen-bond acceptors (Lipinski definition) is 3. The van der Waals surface area contributed by atoms with Crippen LogP contribution in [0, 0.1) is 6.92 Å². The van der Waals surface area contributed by atoms with Crippen LogP contribution in [0.25, 0.3) is 21.2 Å². The third-order valence-corrected chi connectivity index (χ3v) is 5.27. The topological polar surface area (TPSA) is 21.6 Å². The Hall–Kier alpha value is -1.84. The highest BCUT2D eigenvalue weighted by Gasteiger charge is 2.09. The Morgan fingerprint density at radius 3 is 2.67 bits per heavy atom. The summed E-state index contributed by atoms with van der Waals surface area (Å²) in [5, 5.41) is 8.69. The summed E-state index contributed by atoms with van der Waals surface area (Å²) in [6.07, 6.45) is 3.68. The molecular weight excluding hydrogens is 338 g/mol. The fraction of sp³-hybridized carbons (Fsp3) is 0.250. The minimum atomic E-state index is 0.605. The van der Waals surface area contributed by atoms with Gasteiger partial charge in [-0.1, -0.05) is 41.6 Å². The lowest BCUT2D eigenvalue weighted by Gasteiger charge is -2.09. The van der Waals surface area contributed by atoms with E-state index in [1.54, 1.807) is 17.6 Å². The van der Waals surface area contributed by atoms with Crippen LogP contribution in [0.3, 0.4) is 0 Å². The molecule has 0 atom stereocenters. The van der Waals surface area contributed by atoms with Gasteiger partial charge in [0.2, 0.25) is 0 Å². The number of nitrogens with zero attached hydrogens (tertiary/aromatic N) is 1. The lowest BCUT2D eigenvalue weighted by atomic mass is 9.98. The first-order valence-electron chi connectivity index (χ1n) is 8.09. The summed E-state index contributed by atoms with van der Waals surface area (Å²) >= 11 is 7.43. The van der Waals surface area contributed by atoms with E-state index >= 15 is 0 Å². The molecule has 2 nitrogen and oxygen atoms in total. The molecule has 3 aromatic rings. The van der Waals surface area contributed by atoms with Gasteiger partial charge in [-0.05, 0) is 53.1 Å². The van der Waals surface area contributed by atoms with Crippen molar-refractivity contribution in [3.8, 4) is 10.4 Å². The van der Waals surface area contributed by atoms with Crippen molar-refractivity contribution in [2.24, 2.45) is 5.16 Å². The van der Waals surface area contributed by atoms with Gasteiger partial charge in [0, 0.05) is 16.3 Å². The van der Waals surface area contributed by atoms with Crippen LogP contribution in [0.5, 0.6) is 0 Å². The number of oxime groups is 1. The molecular formula is C20H20ClNOS. The van der Waals surface area contributed by atoms with E-state index in [0.717, 1.165) is 18.4 Å². The SMILES string of the molecule is Cc1ccsc1-c1ccc(C=NOCCCCCl)c2ccccc12. The molecule has 4 heteroatoms. The van der Waals surface area contributed by atoms with E-state index in [2.05, 4.69) is 59.9 Å². The zero-order valence-corrected chi connectivity index (χ0v) is 15.2. The molecule has 0 amide bonds. The van der Waals surface area contributed by atoms with E-state index in [9.17, 15) is 0 Å². The van der Waals surface area contributed by atoms with E-state index in [0.29, 0.717) is 12.5 Å². The molecule has 0 radical (unpaired) electrons. The van der Waals surface area contributed by atoms with Crippen molar-refractivity contribution in [2.45, 2.75) is 19.8 Å². The number of fused-ring (bicyclic) bond motifs is 1. The fourth-order valence-electron chi connectivity index (χ4n) is 2.69. The van der Waals surface area contributed by atoms with E-state index in [-0.39, 0.29) is 0 Å². The van der Waals surface area contributed by atoms with Crippen LogP contribution in [0.1, 0.15) is 24.0 Å². The summed E-state index contributed by atoms with van der Waals surface area (Å²) < 4.78 is 0. The van der Waals surface area contributed by atoms with Gasteiger partial charge in [0.15, 0.2) is 0 Å². The molecule has 0 fully saturated rings. The lowest BCUT2D eigenvalue weighted by Crippen LogP contribution is -1.91. The summed E-state index contributed by atoms with van der Waals surface area (Å²) in [6.45, 7) is 2.76. The van der Waals surface area contributed by atoms with Gasteiger partial charge in [0.25, 0.3) is 0 Å². The predicted octanol–water partition coefficient (Wildman–Crippen LogP) is 6.25. The Morgan fingerprint density at radius 1 is 1.08 bits per heavy atom. The number of rotatable bonds is 7. The molecule has 0 N–H and O–H groups in total. The lowest BCUT2D eigenvalue weighted by molar-refractivity contribution is 0.143. The number of unbranched alkanes of at least 4 members (excludes halogenated alkanes) is 1. The molecule has 124 valence electrons. The molecule has 24 heavy (non-hydrogen) atoms. The zero-order valence-electron chi connectivity index (χ0n) is 13.7. The first-order chi connectivity index (χ1) is 11.8. The highest BCUT2D eigenvalue weighted by molar-refractivity contribution is 7.13. The largest absolute Gasteiger partial charge is 0.396 e. The molecule has 2 aromatic carbocycles. The zero-order chi connectivity index (χ0) is 16.8. The van der Waals surface area contributed by atoms with Gasteiger partial charge in [0.1, 0.15) is 6.61 Å². The molecule has 0 saturated carbocycles. The van der Waals surface area contributed by atoms with Crippen molar-refractivity contribution in [2.75, 3.05) is 12.5 Å². The van der Waals surface area contributed by atoms with Gasteiger partial charge in [-0.15, -0.1) is 22.9 Å². The van der Waals surface area contributed by atoms with Crippen molar-refractivity contribution in [3.63, 3.8) is 0 Å². The quantitative estimate of drug-likeness (QED) is 0.212. The maximum Gasteiger partial charge on any atom is 0.117 e. The van der Waals surface area contributed by atoms with E-state index in [4.69, 9.17) is 16.4 Å². The second kappa shape index (κ2) is 8.32. The molecule has 0 bridgehead atoms. The van der Waals surface area contributed by atoms with E-state index < -0.39 is 0 Å². The van der Waals surface area contributed by atoms with Gasteiger partial charge in [-0.25, -0.2) is 0 Å². The summed E-state index contributed by atoms with van der Waals surface area (Å²) in [5.41, 5.74) is 3.66. The van der Waals surface area contributed by atoms with Crippen LogP contribution in [0.2, 0.25) is 0 Å². The van der Waals surface area contributed by atoms with Crippen molar-refractivity contribution in [1.82, 2.24) is 0 Å². The maximum absolute atomic E-state index is 5.65. The molecule has 0 saturated heterocycles. The molecule has 0 spiro atoms. The van der Waals surface area contributed by atoms with Gasteiger partial charge in [-0.3, -0.25) is 0 Å². The third kappa shape index (κ3) is 3.80. The Labute approximate surface area is 151 Å². The highest BCUT2D eigenvalue weighted by Crippen LogP contribution is 2.35. The van der Waals surface area contributed by atoms with Crippen molar-refractivity contribution in [3.05, 3.63) is 59.0 Å². The molecule has 0 aliphatic heterocycles. The minimum Gasteiger partial charge on any atom is -0.396 e. The van der Waals surface area contributed by atoms with Gasteiger partial charge in [-0.2, -0.15) is 0 Å². The van der Waals surface area contributed by atoms with Crippen molar-refractivity contribution in [1.29, 1.82) is 0 Å². The average molecular weight is 358 g/mol. The van der Waals surface area contributed by atoms with Crippen LogP contribution in [0.15, 0.2) is 53.0 Å². The highest BCUT2D eigenvalue weighted by atomic mass is 35.5. The fourth-order valence-corrected chi connectivity index (χ4v) is 3.85. The summed E-state index contributed by atoms with van der Waals surface area (Å²) in [5.74, 6) is 0.668. The first-order valence-corrected chi connectivity index (χ1v) is 9.50. The van der Waals surface area contributed by atoms with Crippen LogP contribution >= 0.6 is 22.9 Å². The number of thiophene rings is 1. The molecule has 0 aliphatic rings. The van der Waals surface area contributed by atoms with E-state index in [1.165, 1.54) is 26.8 Å². The van der Waals surface area contributed by atoms with Gasteiger partial charge in [0.05, 0.1) is 6.21 Å². The van der Waals surface area contributed by atoms with Gasteiger partial charge < -0.3 is 4.84 Å². The standard InChI is InChI=1S/C20H20ClNOS/c1-15-10-13-24-20(15)19-9-8-16(14-22-23-12-5-4-11-21)17-6-2-3-7-18(17)19/h2-3,6-10,13-14H,4-5,11-12H2,1H3. The Morgan fingerprint density at radius 2 is 1.92 bits per heavy atom. The van der Waals surface area contributed by atoms with E-state index in [1.807, 2.05) is 0 Å². The van der Waals surface area contributed by atoms with Crippen LogP contribution < -0.4 is 0 Å². The number of benzene rings is 2. The molecule has 0 aliphatic carbocycles. The second-order valence-electron chi connectivity index (χ2n) is 5.64. The Bertz CT molecular complexity index is 841. The normalized spacial score (nSPS) is 11.4. The van der Waals surface area contributed by atoms with Crippen LogP contribution in [0.4, 0.5) is 0 Å². The molecule has 1 aromatic heterocycles. The third-order valence-electron chi connectivity index (χ3n) is 3.95. The Balaban J connectivity index is 1.89. The average Bonchev–Trinajstić information content (AvgIpc) is 3.04. The van der Waals surface area contributed by atoms with Crippen LogP contribution in [-0.4, -0.2) is 18.7 Å². The van der Waals surface area contributed by atoms with Crippen LogP contribution in [-0.2, 0) is 4.84 Å².